The maximum Gasteiger partial charge on any atom is 0.252 e. The lowest BCUT2D eigenvalue weighted by atomic mass is 10.0. The molecule has 1 unspecified atom stereocenters. The van der Waals surface area contributed by atoms with Gasteiger partial charge in [0.25, 0.3) is 6.04 Å². The average Bonchev–Trinajstić information content (AvgIpc) is 2.76. The lowest BCUT2D eigenvalue weighted by molar-refractivity contribution is 0.191. The second kappa shape index (κ2) is 5.26. The number of methoxy groups -OCH3 is 1. The van der Waals surface area contributed by atoms with Crippen LogP contribution in [-0.2, 0) is 4.74 Å². The summed E-state index contributed by atoms with van der Waals surface area (Å²) in [6, 6.07) is 4.76. The van der Waals surface area contributed by atoms with Gasteiger partial charge in [0.1, 0.15) is 5.82 Å². The number of nitrogens with zero attached hydrogens (tertiary/aromatic N) is 1. The van der Waals surface area contributed by atoms with Gasteiger partial charge >= 0.3 is 0 Å². The highest BCUT2D eigenvalue weighted by atomic mass is 32.1. The van der Waals surface area contributed by atoms with E-state index >= 15 is 0 Å². The first-order valence-electron chi connectivity index (χ1n) is 5.29. The molecule has 0 N–H and O–H groups in total. The van der Waals surface area contributed by atoms with Crippen molar-refractivity contribution in [3.8, 4) is 0 Å². The molecule has 0 fully saturated rings. The number of hydrogen-bond donors (Lipinski definition) is 0. The van der Waals surface area contributed by atoms with Crippen molar-refractivity contribution >= 4 is 21.4 Å². The van der Waals surface area contributed by atoms with Crippen LogP contribution in [0.1, 0.15) is 18.0 Å². The Morgan fingerprint density at radius 3 is 3.06 bits per heavy atom. The van der Waals surface area contributed by atoms with E-state index < -0.39 is 0 Å². The molecular weight excluding hydrogens is 237 g/mol. The van der Waals surface area contributed by atoms with Crippen LogP contribution in [0.25, 0.3) is 14.9 Å². The van der Waals surface area contributed by atoms with Crippen molar-refractivity contribution in [1.29, 1.82) is 0 Å². The van der Waals surface area contributed by atoms with E-state index in [1.165, 1.54) is 17.4 Å². The predicted octanol–water partition coefficient (Wildman–Crippen LogP) is 4.04. The molecule has 2 aromatic rings. The van der Waals surface area contributed by atoms with Crippen LogP contribution in [-0.4, -0.2) is 13.7 Å². The van der Waals surface area contributed by atoms with E-state index in [0.29, 0.717) is 17.7 Å². The number of benzene rings is 1. The van der Waals surface area contributed by atoms with E-state index in [-0.39, 0.29) is 11.9 Å². The standard InChI is InChI=1S/C13H12FNOS/c1-15-12(6-7-16-2)10-8-17-13-9(10)4-3-5-11(13)14/h3-5,8,12H,6-7H2,2H3. The quantitative estimate of drug-likeness (QED) is 0.746. The van der Waals surface area contributed by atoms with Gasteiger partial charge in [-0.05, 0) is 6.07 Å². The van der Waals surface area contributed by atoms with E-state index in [9.17, 15) is 4.39 Å². The zero-order valence-electron chi connectivity index (χ0n) is 9.44. The van der Waals surface area contributed by atoms with Crippen LogP contribution in [0.15, 0.2) is 23.6 Å². The third-order valence-corrected chi connectivity index (χ3v) is 3.71. The summed E-state index contributed by atoms with van der Waals surface area (Å²) in [4.78, 5) is 3.60. The highest BCUT2D eigenvalue weighted by Gasteiger charge is 2.20. The first-order valence-corrected chi connectivity index (χ1v) is 6.17. The molecule has 0 radical (unpaired) electrons. The minimum absolute atomic E-state index is 0.214. The summed E-state index contributed by atoms with van der Waals surface area (Å²) in [6.07, 6.45) is 0.641. The number of halogens is 1. The molecule has 2 nitrogen and oxygen atoms in total. The summed E-state index contributed by atoms with van der Waals surface area (Å²) in [6.45, 7) is 7.77. The van der Waals surface area contributed by atoms with E-state index in [0.717, 1.165) is 10.9 Å². The summed E-state index contributed by atoms with van der Waals surface area (Å²) in [5, 5.41) is 2.73. The van der Waals surface area contributed by atoms with E-state index in [1.807, 2.05) is 11.4 Å². The van der Waals surface area contributed by atoms with Crippen molar-refractivity contribution in [1.82, 2.24) is 0 Å². The molecule has 0 saturated heterocycles. The van der Waals surface area contributed by atoms with Gasteiger partial charge in [0.05, 0.1) is 23.3 Å². The number of ether oxygens (including phenoxy) is 1. The Kier molecular flexibility index (Phi) is 3.72. The van der Waals surface area contributed by atoms with Crippen molar-refractivity contribution in [3.05, 3.63) is 46.4 Å². The second-order valence-electron chi connectivity index (χ2n) is 3.73. The van der Waals surface area contributed by atoms with Crippen LogP contribution >= 0.6 is 11.3 Å². The first kappa shape index (κ1) is 12.0. The van der Waals surface area contributed by atoms with Gasteiger partial charge in [0.15, 0.2) is 0 Å². The summed E-state index contributed by atoms with van der Waals surface area (Å²) in [7, 11) is 1.62. The van der Waals surface area contributed by atoms with E-state index in [4.69, 9.17) is 11.3 Å². The maximum absolute atomic E-state index is 13.5. The molecule has 1 heterocycles. The highest BCUT2D eigenvalue weighted by molar-refractivity contribution is 7.17. The number of thiophene rings is 1. The fraction of sp³-hybridized carbons (Fsp3) is 0.308. The molecule has 1 aromatic carbocycles. The SMILES string of the molecule is [C-]#[N+]C(CCOC)c1csc2c(F)cccc12. The van der Waals surface area contributed by atoms with Crippen molar-refractivity contribution in [2.45, 2.75) is 12.5 Å². The Hall–Kier alpha value is -1.44. The molecule has 17 heavy (non-hydrogen) atoms. The van der Waals surface area contributed by atoms with Crippen LogP contribution in [0.3, 0.4) is 0 Å². The molecule has 88 valence electrons. The summed E-state index contributed by atoms with van der Waals surface area (Å²) >= 11 is 1.36. The summed E-state index contributed by atoms with van der Waals surface area (Å²) in [5.74, 6) is -0.214. The van der Waals surface area contributed by atoms with Gasteiger partial charge in [-0.1, -0.05) is 12.1 Å². The van der Waals surface area contributed by atoms with E-state index in [2.05, 4.69) is 4.85 Å². The van der Waals surface area contributed by atoms with Gasteiger partial charge in [-0.25, -0.2) is 11.0 Å². The van der Waals surface area contributed by atoms with Crippen LogP contribution in [0.4, 0.5) is 4.39 Å². The molecule has 0 aliphatic carbocycles. The molecule has 0 saturated carbocycles. The van der Waals surface area contributed by atoms with Crippen LogP contribution in [0.5, 0.6) is 0 Å². The van der Waals surface area contributed by atoms with Gasteiger partial charge in [0, 0.05) is 17.9 Å². The molecule has 0 aliphatic heterocycles. The van der Waals surface area contributed by atoms with Crippen LogP contribution in [0.2, 0.25) is 0 Å². The van der Waals surface area contributed by atoms with Crippen molar-refractivity contribution in [2.24, 2.45) is 0 Å². The topological polar surface area (TPSA) is 13.6 Å². The fourth-order valence-corrected chi connectivity index (χ4v) is 2.84. The second-order valence-corrected chi connectivity index (χ2v) is 4.61. The first-order chi connectivity index (χ1) is 8.27. The van der Waals surface area contributed by atoms with Crippen molar-refractivity contribution < 1.29 is 9.13 Å². The van der Waals surface area contributed by atoms with Crippen molar-refractivity contribution in [3.63, 3.8) is 0 Å². The van der Waals surface area contributed by atoms with Gasteiger partial charge in [-0.15, -0.1) is 11.3 Å². The smallest absolute Gasteiger partial charge is 0.252 e. The lowest BCUT2D eigenvalue weighted by Gasteiger charge is -2.03. The zero-order valence-corrected chi connectivity index (χ0v) is 10.3. The minimum atomic E-state index is -0.245. The zero-order chi connectivity index (χ0) is 12.3. The van der Waals surface area contributed by atoms with Gasteiger partial charge < -0.3 is 9.58 Å². The molecule has 0 bridgehead atoms. The van der Waals surface area contributed by atoms with Crippen molar-refractivity contribution in [2.75, 3.05) is 13.7 Å². The van der Waals surface area contributed by atoms with Gasteiger partial charge in [-0.2, -0.15) is 0 Å². The number of fused-ring (bicyclic) bond motifs is 1. The normalized spacial score (nSPS) is 12.5. The lowest BCUT2D eigenvalue weighted by Crippen LogP contribution is -1.97. The Labute approximate surface area is 103 Å². The Balaban J connectivity index is 2.41. The number of hydrogen-bond acceptors (Lipinski definition) is 2. The average molecular weight is 249 g/mol. The third-order valence-electron chi connectivity index (χ3n) is 2.69. The fourth-order valence-electron chi connectivity index (χ4n) is 1.82. The predicted molar refractivity (Wildman–Crippen MR) is 67.6 cm³/mol. The Morgan fingerprint density at radius 1 is 1.53 bits per heavy atom. The van der Waals surface area contributed by atoms with E-state index in [1.54, 1.807) is 13.2 Å². The molecule has 4 heteroatoms. The Bertz CT molecular complexity index is 558. The molecule has 1 aromatic heterocycles. The maximum atomic E-state index is 13.5. The molecule has 0 amide bonds. The summed E-state index contributed by atoms with van der Waals surface area (Å²) in [5.41, 5.74) is 0.913. The molecular formula is C13H12FNOS. The van der Waals surface area contributed by atoms with Gasteiger partial charge in [-0.3, -0.25) is 0 Å². The molecule has 2 rings (SSSR count). The summed E-state index contributed by atoms with van der Waals surface area (Å²) < 4.78 is 19.2. The molecule has 1 atom stereocenters. The molecule has 0 aliphatic rings. The highest BCUT2D eigenvalue weighted by Crippen LogP contribution is 2.35. The monoisotopic (exact) mass is 249 g/mol. The third kappa shape index (κ3) is 2.31. The van der Waals surface area contributed by atoms with Crippen LogP contribution in [0, 0.1) is 12.4 Å². The minimum Gasteiger partial charge on any atom is -0.384 e. The van der Waals surface area contributed by atoms with Crippen LogP contribution < -0.4 is 0 Å². The Morgan fingerprint density at radius 2 is 2.35 bits per heavy atom. The van der Waals surface area contributed by atoms with Gasteiger partial charge in [0.2, 0.25) is 0 Å². The number of rotatable bonds is 4. The largest absolute Gasteiger partial charge is 0.384 e. The molecule has 0 spiro atoms.